The van der Waals surface area contributed by atoms with Crippen LogP contribution in [0.4, 0.5) is 5.69 Å². The minimum atomic E-state index is -0.905. The van der Waals surface area contributed by atoms with Crippen LogP contribution in [0, 0.1) is 11.8 Å². The number of aliphatic carboxylic acids is 1. The van der Waals surface area contributed by atoms with Gasteiger partial charge in [-0.15, -0.1) is 11.3 Å². The van der Waals surface area contributed by atoms with Crippen molar-refractivity contribution in [2.24, 2.45) is 11.8 Å². The predicted molar refractivity (Wildman–Crippen MR) is 128 cm³/mol. The third-order valence-corrected chi connectivity index (χ3v) is 7.96. The monoisotopic (exact) mass is 488 g/mol. The van der Waals surface area contributed by atoms with Crippen LogP contribution in [0.1, 0.15) is 36.0 Å². The number of thioether (sulfide) groups is 1. The fourth-order valence-corrected chi connectivity index (χ4v) is 5.99. The quantitative estimate of drug-likeness (QED) is 0.324. The van der Waals surface area contributed by atoms with E-state index in [4.69, 9.17) is 11.6 Å². The number of hydrogen-bond donors (Lipinski definition) is 2. The average molecular weight is 489 g/mol. The molecule has 1 aliphatic rings. The van der Waals surface area contributed by atoms with Gasteiger partial charge in [0.15, 0.2) is 10.1 Å². The van der Waals surface area contributed by atoms with E-state index in [0.29, 0.717) is 29.1 Å². The van der Waals surface area contributed by atoms with Gasteiger partial charge in [0.2, 0.25) is 5.91 Å². The number of rotatable bonds is 7. The van der Waals surface area contributed by atoms with Crippen molar-refractivity contribution < 1.29 is 19.5 Å². The number of carbonyl (C=O) groups is 3. The number of carbonyl (C=O) groups excluding carboxylic acids is 2. The number of aromatic nitrogens is 1. The Morgan fingerprint density at radius 3 is 2.53 bits per heavy atom. The van der Waals surface area contributed by atoms with Crippen LogP contribution >= 0.6 is 34.7 Å². The molecule has 4 rings (SSSR count). The average Bonchev–Trinajstić information content (AvgIpc) is 3.20. The van der Waals surface area contributed by atoms with E-state index < -0.39 is 17.8 Å². The topological polar surface area (TPSA) is 96.4 Å². The molecule has 0 aliphatic heterocycles. The Morgan fingerprint density at radius 2 is 1.81 bits per heavy atom. The van der Waals surface area contributed by atoms with Crippen molar-refractivity contribution in [3.8, 4) is 0 Å². The summed E-state index contributed by atoms with van der Waals surface area (Å²) < 4.78 is 1.66. The van der Waals surface area contributed by atoms with Gasteiger partial charge >= 0.3 is 5.97 Å². The lowest BCUT2D eigenvalue weighted by molar-refractivity contribution is -0.147. The van der Waals surface area contributed by atoms with Gasteiger partial charge in [0.05, 0.1) is 27.8 Å². The Bertz CT molecular complexity index is 1160. The standard InChI is InChI=1S/C23H21ClN2O4S2/c24-14-7-5-13(6-8-14)19(27)12-31-23-26-18-10-9-15(11-20(18)32-23)25-21(28)16-3-1-2-4-17(16)22(29)30/h5-11,16-17H,1-4,12H2,(H,25,28)(H,29,30)/t16-,17+/m0/s1. The number of thiazole rings is 1. The molecule has 1 amide bonds. The molecule has 3 aromatic rings. The molecule has 2 N–H and O–H groups in total. The molecule has 1 fully saturated rings. The number of carboxylic acid groups (broad SMARTS) is 1. The Morgan fingerprint density at radius 1 is 1.09 bits per heavy atom. The fraction of sp³-hybridized carbons (Fsp3) is 0.304. The Kier molecular flexibility index (Phi) is 7.13. The van der Waals surface area contributed by atoms with Crippen molar-refractivity contribution in [1.82, 2.24) is 4.98 Å². The molecule has 0 radical (unpaired) electrons. The lowest BCUT2D eigenvalue weighted by atomic mass is 9.78. The van der Waals surface area contributed by atoms with Crippen LogP contribution in [0.15, 0.2) is 46.8 Å². The first-order valence-corrected chi connectivity index (χ1v) is 12.4. The van der Waals surface area contributed by atoms with E-state index in [1.54, 1.807) is 30.3 Å². The zero-order valence-electron chi connectivity index (χ0n) is 17.0. The highest BCUT2D eigenvalue weighted by atomic mass is 35.5. The number of nitrogens with zero attached hydrogens (tertiary/aromatic N) is 1. The Labute approximate surface area is 198 Å². The first-order chi connectivity index (χ1) is 15.4. The summed E-state index contributed by atoms with van der Waals surface area (Å²) in [5, 5.41) is 12.9. The third-order valence-electron chi connectivity index (χ3n) is 5.55. The Balaban J connectivity index is 1.41. The van der Waals surface area contributed by atoms with Crippen LogP contribution in [0.3, 0.4) is 0 Å². The van der Waals surface area contributed by atoms with E-state index >= 15 is 0 Å². The van der Waals surface area contributed by atoms with Crippen LogP contribution in [0.2, 0.25) is 5.02 Å². The Hall–Kier alpha value is -2.42. The predicted octanol–water partition coefficient (Wildman–Crippen LogP) is 5.75. The van der Waals surface area contributed by atoms with E-state index in [-0.39, 0.29) is 17.4 Å². The SMILES string of the molecule is O=C(CSc1nc2ccc(NC(=O)[C@H]3CCCC[C@H]3C(=O)O)cc2s1)c1ccc(Cl)cc1. The number of halogens is 1. The number of amides is 1. The number of nitrogens with one attached hydrogen (secondary N) is 1. The second-order valence-corrected chi connectivity index (χ2v) is 10.4. The molecule has 9 heteroatoms. The summed E-state index contributed by atoms with van der Waals surface area (Å²) in [6, 6.07) is 12.2. The molecule has 2 aromatic carbocycles. The minimum absolute atomic E-state index is 0.000609. The van der Waals surface area contributed by atoms with Crippen molar-refractivity contribution in [1.29, 1.82) is 0 Å². The number of Topliss-reactive ketones (excluding diaryl/α,β-unsaturated/α-hetero) is 1. The van der Waals surface area contributed by atoms with Crippen molar-refractivity contribution in [3.63, 3.8) is 0 Å². The van der Waals surface area contributed by atoms with Crippen molar-refractivity contribution in [2.75, 3.05) is 11.1 Å². The first kappa shape index (κ1) is 22.8. The zero-order chi connectivity index (χ0) is 22.7. The van der Waals surface area contributed by atoms with Crippen LogP contribution in [-0.4, -0.2) is 33.5 Å². The lowest BCUT2D eigenvalue weighted by Gasteiger charge is -2.27. The molecule has 6 nitrogen and oxygen atoms in total. The summed E-state index contributed by atoms with van der Waals surface area (Å²) in [5.74, 6) is -2.02. The summed E-state index contributed by atoms with van der Waals surface area (Å²) in [7, 11) is 0. The summed E-state index contributed by atoms with van der Waals surface area (Å²) in [5.41, 5.74) is 2.01. The molecule has 0 unspecified atom stereocenters. The van der Waals surface area contributed by atoms with Gasteiger partial charge in [0.25, 0.3) is 0 Å². The molecule has 1 heterocycles. The van der Waals surface area contributed by atoms with Gasteiger partial charge in [0, 0.05) is 16.3 Å². The summed E-state index contributed by atoms with van der Waals surface area (Å²) in [6.45, 7) is 0. The lowest BCUT2D eigenvalue weighted by Crippen LogP contribution is -2.36. The normalized spacial score (nSPS) is 18.4. The van der Waals surface area contributed by atoms with Gasteiger partial charge in [-0.1, -0.05) is 36.2 Å². The molecule has 166 valence electrons. The van der Waals surface area contributed by atoms with Crippen LogP contribution in [-0.2, 0) is 9.59 Å². The highest BCUT2D eigenvalue weighted by Crippen LogP contribution is 2.34. The molecule has 32 heavy (non-hydrogen) atoms. The van der Waals surface area contributed by atoms with E-state index in [2.05, 4.69) is 10.3 Å². The van der Waals surface area contributed by atoms with E-state index in [9.17, 15) is 19.5 Å². The molecular weight excluding hydrogens is 468 g/mol. The number of anilines is 1. The third kappa shape index (κ3) is 5.31. The highest BCUT2D eigenvalue weighted by molar-refractivity contribution is 8.01. The summed E-state index contributed by atoms with van der Waals surface area (Å²) in [6.07, 6.45) is 2.84. The second kappa shape index (κ2) is 10.0. The number of ketones is 1. The fourth-order valence-electron chi connectivity index (χ4n) is 3.86. The molecule has 0 bridgehead atoms. The van der Waals surface area contributed by atoms with Crippen LogP contribution in [0.5, 0.6) is 0 Å². The maximum Gasteiger partial charge on any atom is 0.307 e. The molecule has 0 saturated heterocycles. The van der Waals surface area contributed by atoms with E-state index in [1.807, 2.05) is 12.1 Å². The molecule has 2 atom stereocenters. The largest absolute Gasteiger partial charge is 0.481 e. The number of benzene rings is 2. The van der Waals surface area contributed by atoms with Gasteiger partial charge < -0.3 is 10.4 Å². The minimum Gasteiger partial charge on any atom is -0.481 e. The molecule has 0 spiro atoms. The van der Waals surface area contributed by atoms with Gasteiger partial charge in [-0.05, 0) is 55.3 Å². The van der Waals surface area contributed by atoms with Crippen molar-refractivity contribution in [2.45, 2.75) is 30.0 Å². The van der Waals surface area contributed by atoms with E-state index in [1.165, 1.54) is 23.1 Å². The van der Waals surface area contributed by atoms with Crippen LogP contribution in [0.25, 0.3) is 10.2 Å². The van der Waals surface area contributed by atoms with Gasteiger partial charge in [-0.2, -0.15) is 0 Å². The number of fused-ring (bicyclic) bond motifs is 1. The summed E-state index contributed by atoms with van der Waals surface area (Å²) in [4.78, 5) is 41.1. The number of hydrogen-bond acceptors (Lipinski definition) is 6. The summed E-state index contributed by atoms with van der Waals surface area (Å²) >= 11 is 8.69. The van der Waals surface area contributed by atoms with Crippen molar-refractivity contribution in [3.05, 3.63) is 53.1 Å². The smallest absolute Gasteiger partial charge is 0.307 e. The second-order valence-electron chi connectivity index (χ2n) is 7.71. The van der Waals surface area contributed by atoms with Gasteiger partial charge in [-0.25, -0.2) is 4.98 Å². The molecule has 1 saturated carbocycles. The molecule has 1 aliphatic carbocycles. The zero-order valence-corrected chi connectivity index (χ0v) is 19.4. The number of carboxylic acids is 1. The molecular formula is C23H21ClN2O4S2. The maximum absolute atomic E-state index is 12.7. The van der Waals surface area contributed by atoms with E-state index in [0.717, 1.165) is 27.4 Å². The van der Waals surface area contributed by atoms with Gasteiger partial charge in [0.1, 0.15) is 0 Å². The van der Waals surface area contributed by atoms with Crippen LogP contribution < -0.4 is 5.32 Å². The molecule has 1 aromatic heterocycles. The van der Waals surface area contributed by atoms with Gasteiger partial charge in [-0.3, -0.25) is 14.4 Å². The first-order valence-electron chi connectivity index (χ1n) is 10.3. The van der Waals surface area contributed by atoms with Crippen molar-refractivity contribution >= 4 is 68.3 Å². The maximum atomic E-state index is 12.7. The highest BCUT2D eigenvalue weighted by Gasteiger charge is 2.35.